The Hall–Kier alpha value is 1.36. The summed E-state index contributed by atoms with van der Waals surface area (Å²) in [6.45, 7) is 12.8. The Morgan fingerprint density at radius 3 is 1.55 bits per heavy atom. The van der Waals surface area contributed by atoms with Crippen LogP contribution in [-0.2, 0) is 32.7 Å². The standard InChI is InChI=1S/C7H15Si.CH3.H3P.Y/c1-7(2)6-8(3,4)5;;;/h6H,1H2,2-5H3;2*1H3;/q2*-1;;/b7-6-;;;. The minimum atomic E-state index is -0.945. The van der Waals surface area contributed by atoms with Crippen molar-refractivity contribution in [2.45, 2.75) is 26.6 Å². The van der Waals surface area contributed by atoms with Gasteiger partial charge in [-0.05, 0) is 8.07 Å². The van der Waals surface area contributed by atoms with E-state index < -0.39 is 8.07 Å². The van der Waals surface area contributed by atoms with Gasteiger partial charge in [0.05, 0.1) is 0 Å². The summed E-state index contributed by atoms with van der Waals surface area (Å²) in [6.07, 6.45) is 0. The third-order valence-electron chi connectivity index (χ3n) is 0.679. The zero-order valence-corrected chi connectivity index (χ0v) is 13.8. The smallest absolute Gasteiger partial charge is 0 e. The van der Waals surface area contributed by atoms with Crippen LogP contribution in [-0.4, -0.2) is 8.07 Å². The van der Waals surface area contributed by atoms with E-state index in [1.807, 2.05) is 0 Å². The van der Waals surface area contributed by atoms with Gasteiger partial charge in [-0.25, -0.2) is 18.2 Å². The van der Waals surface area contributed by atoms with Crippen LogP contribution in [0.15, 0.2) is 11.3 Å². The molecule has 0 N–H and O–H groups in total. The molecule has 0 amide bonds. The van der Waals surface area contributed by atoms with Crippen LogP contribution in [0.4, 0.5) is 0 Å². The molecule has 11 heavy (non-hydrogen) atoms. The van der Waals surface area contributed by atoms with Crippen molar-refractivity contribution in [2.75, 3.05) is 0 Å². The number of allylic oxidation sites excluding steroid dienone is 1. The SMILES string of the molecule is P.[CH2-]/C(C)=C/[Si](C)(C)C.[CH3-].[Y]. The van der Waals surface area contributed by atoms with Gasteiger partial charge in [-0.3, -0.25) is 0 Å². The van der Waals surface area contributed by atoms with E-state index in [1.54, 1.807) is 0 Å². The zero-order chi connectivity index (χ0) is 6.78. The van der Waals surface area contributed by atoms with E-state index in [1.165, 1.54) is 5.57 Å². The van der Waals surface area contributed by atoms with Crippen molar-refractivity contribution in [3.63, 3.8) is 0 Å². The molecule has 0 rings (SSSR count). The second-order valence-corrected chi connectivity index (χ2v) is 8.38. The fraction of sp³-hybridized carbons (Fsp3) is 0.500. The Labute approximate surface area is 102 Å². The van der Waals surface area contributed by atoms with Gasteiger partial charge in [0.1, 0.15) is 0 Å². The quantitative estimate of drug-likeness (QED) is 0.388. The van der Waals surface area contributed by atoms with Crippen LogP contribution in [0.25, 0.3) is 0 Å². The van der Waals surface area contributed by atoms with E-state index >= 15 is 0 Å². The molecule has 0 aliphatic carbocycles. The summed E-state index contributed by atoms with van der Waals surface area (Å²) in [5.41, 5.74) is 3.51. The molecule has 0 spiro atoms. The molecule has 1 atom stereocenters. The molecule has 67 valence electrons. The van der Waals surface area contributed by atoms with Gasteiger partial charge in [0.15, 0.2) is 0 Å². The Morgan fingerprint density at radius 1 is 1.27 bits per heavy atom. The van der Waals surface area contributed by atoms with Crippen molar-refractivity contribution in [1.82, 2.24) is 0 Å². The second kappa shape index (κ2) is 9.45. The first-order valence-electron chi connectivity index (χ1n) is 2.93. The van der Waals surface area contributed by atoms with E-state index in [4.69, 9.17) is 0 Å². The molecule has 0 aromatic rings. The molecule has 0 aliphatic heterocycles. The van der Waals surface area contributed by atoms with Crippen LogP contribution in [0.2, 0.25) is 19.6 Å². The first-order valence-corrected chi connectivity index (χ1v) is 6.51. The summed E-state index contributed by atoms with van der Waals surface area (Å²) in [5, 5.41) is 0. The maximum atomic E-state index is 3.82. The van der Waals surface area contributed by atoms with Gasteiger partial charge in [0.25, 0.3) is 0 Å². The predicted molar refractivity (Wildman–Crippen MR) is 60.0 cm³/mol. The summed E-state index contributed by atoms with van der Waals surface area (Å²) >= 11 is 0. The molecule has 3 heteroatoms. The molecule has 0 aromatic carbocycles. The first kappa shape index (κ1) is 22.8. The molecule has 0 bridgehead atoms. The van der Waals surface area contributed by atoms with Gasteiger partial charge >= 0.3 is 0 Å². The van der Waals surface area contributed by atoms with Crippen LogP contribution in [0.1, 0.15) is 6.92 Å². The van der Waals surface area contributed by atoms with Crippen molar-refractivity contribution in [3.8, 4) is 0 Å². The molecular formula is C8H21PSiY-2. The minimum Gasteiger partial charge on any atom is -0.358 e. The summed E-state index contributed by atoms with van der Waals surface area (Å²) in [6, 6.07) is 0. The fourth-order valence-corrected chi connectivity index (χ4v) is 2.22. The normalized spacial score (nSPS) is 10.4. The maximum absolute atomic E-state index is 3.82. The number of hydrogen-bond acceptors (Lipinski definition) is 0. The Balaban J connectivity index is -0.0000000817. The Kier molecular flexibility index (Phi) is 19.6. The largest absolute Gasteiger partial charge is 0.358 e. The van der Waals surface area contributed by atoms with Gasteiger partial charge in [-0.2, -0.15) is 9.90 Å². The molecule has 0 aromatic heterocycles. The van der Waals surface area contributed by atoms with Gasteiger partial charge in [-0.1, -0.05) is 26.6 Å². The maximum Gasteiger partial charge on any atom is 0 e. The summed E-state index contributed by atoms with van der Waals surface area (Å²) in [7, 11) is -0.945. The van der Waals surface area contributed by atoms with E-state index in [9.17, 15) is 0 Å². The zero-order valence-electron chi connectivity index (χ0n) is 8.57. The minimum absolute atomic E-state index is 0. The fourth-order valence-electron chi connectivity index (χ4n) is 0.739. The van der Waals surface area contributed by atoms with Gasteiger partial charge in [0, 0.05) is 32.7 Å². The second-order valence-electron chi connectivity index (χ2n) is 3.36. The van der Waals surface area contributed by atoms with E-state index in [0.29, 0.717) is 0 Å². The molecule has 1 radical (unpaired) electrons. The topological polar surface area (TPSA) is 0 Å². The van der Waals surface area contributed by atoms with Crippen LogP contribution in [0.5, 0.6) is 0 Å². The van der Waals surface area contributed by atoms with Crippen molar-refractivity contribution in [3.05, 3.63) is 25.6 Å². The average Bonchev–Trinajstić information content (AvgIpc) is 1.21. The van der Waals surface area contributed by atoms with E-state index in [-0.39, 0.29) is 50.0 Å². The molecule has 1 unspecified atom stereocenters. The summed E-state index contributed by atoms with van der Waals surface area (Å²) in [4.78, 5) is 0. The van der Waals surface area contributed by atoms with Crippen molar-refractivity contribution in [1.29, 1.82) is 0 Å². The summed E-state index contributed by atoms with van der Waals surface area (Å²) in [5.74, 6) is 0. The van der Waals surface area contributed by atoms with Crippen molar-refractivity contribution in [2.24, 2.45) is 0 Å². The molecular weight excluding hydrogens is 244 g/mol. The van der Waals surface area contributed by atoms with E-state index in [2.05, 4.69) is 39.2 Å². The molecule has 0 aliphatic rings. The van der Waals surface area contributed by atoms with Crippen molar-refractivity contribution >= 4 is 18.0 Å². The van der Waals surface area contributed by atoms with Crippen LogP contribution < -0.4 is 0 Å². The first-order chi connectivity index (χ1) is 3.42. The molecule has 0 fully saturated rings. The van der Waals surface area contributed by atoms with Crippen molar-refractivity contribution < 1.29 is 32.7 Å². The average molecular weight is 265 g/mol. The van der Waals surface area contributed by atoms with Crippen LogP contribution >= 0.6 is 9.90 Å². The van der Waals surface area contributed by atoms with Gasteiger partial charge in [-0.15, -0.1) is 0 Å². The molecule has 0 saturated carbocycles. The monoisotopic (exact) mass is 265 g/mol. The molecule has 0 saturated heterocycles. The Morgan fingerprint density at radius 2 is 1.55 bits per heavy atom. The third-order valence-corrected chi connectivity index (χ3v) is 2.04. The third kappa shape index (κ3) is 24.6. The molecule has 0 nitrogen and oxygen atoms in total. The number of hydrogen-bond donors (Lipinski definition) is 0. The van der Waals surface area contributed by atoms with E-state index in [0.717, 1.165) is 0 Å². The molecule has 0 heterocycles. The Bertz CT molecular complexity index is 101. The number of rotatable bonds is 1. The van der Waals surface area contributed by atoms with Crippen LogP contribution in [0, 0.1) is 14.4 Å². The van der Waals surface area contributed by atoms with Crippen LogP contribution in [0.3, 0.4) is 0 Å². The predicted octanol–water partition coefficient (Wildman–Crippen LogP) is 3.15. The summed E-state index contributed by atoms with van der Waals surface area (Å²) < 4.78 is 0. The van der Waals surface area contributed by atoms with Gasteiger partial charge in [0.2, 0.25) is 0 Å². The van der Waals surface area contributed by atoms with Gasteiger partial charge < -0.3 is 7.43 Å².